The molecular formula is C19H16Cl2N2O3S. The minimum atomic E-state index is -0.393. The van der Waals surface area contributed by atoms with E-state index in [9.17, 15) is 9.59 Å². The lowest BCUT2D eigenvalue weighted by Crippen LogP contribution is -2.32. The normalized spacial score (nSPS) is 10.7. The van der Waals surface area contributed by atoms with E-state index in [0.29, 0.717) is 26.4 Å². The number of thiophene rings is 1. The number of nitrogens with one attached hydrogen (secondary N) is 2. The number of halogens is 2. The van der Waals surface area contributed by atoms with E-state index in [1.165, 1.54) is 18.4 Å². The summed E-state index contributed by atoms with van der Waals surface area (Å²) in [4.78, 5) is 25.0. The van der Waals surface area contributed by atoms with Crippen molar-refractivity contribution >= 4 is 62.1 Å². The number of amides is 2. The molecule has 0 bridgehead atoms. The molecule has 0 aliphatic rings. The van der Waals surface area contributed by atoms with E-state index in [0.717, 1.165) is 15.6 Å². The topological polar surface area (TPSA) is 67.4 Å². The largest absolute Gasteiger partial charge is 0.495 e. The van der Waals surface area contributed by atoms with E-state index in [1.807, 2.05) is 31.2 Å². The van der Waals surface area contributed by atoms with Crippen molar-refractivity contribution in [1.82, 2.24) is 5.32 Å². The Kier molecular flexibility index (Phi) is 5.89. The summed E-state index contributed by atoms with van der Waals surface area (Å²) in [6, 6.07) is 10.8. The molecule has 3 aromatic rings. The summed E-state index contributed by atoms with van der Waals surface area (Å²) in [6.45, 7) is 1.62. The monoisotopic (exact) mass is 422 g/mol. The zero-order valence-electron chi connectivity index (χ0n) is 14.6. The smallest absolute Gasteiger partial charge is 0.263 e. The number of aryl methyl sites for hydroxylation is 1. The summed E-state index contributed by atoms with van der Waals surface area (Å²) in [5.41, 5.74) is 1.28. The van der Waals surface area contributed by atoms with Gasteiger partial charge in [0, 0.05) is 21.2 Å². The molecule has 2 aromatic carbocycles. The highest BCUT2D eigenvalue weighted by atomic mass is 35.5. The Balaban J connectivity index is 1.68. The summed E-state index contributed by atoms with van der Waals surface area (Å²) in [5.74, 6) is -0.339. The molecule has 27 heavy (non-hydrogen) atoms. The highest BCUT2D eigenvalue weighted by Crippen LogP contribution is 2.35. The van der Waals surface area contributed by atoms with Crippen molar-refractivity contribution in [3.05, 3.63) is 56.9 Å². The minimum absolute atomic E-state index is 0.200. The van der Waals surface area contributed by atoms with Crippen LogP contribution >= 0.6 is 34.5 Å². The predicted octanol–water partition coefficient (Wildman–Crippen LogP) is 4.89. The molecule has 5 nitrogen and oxygen atoms in total. The standard InChI is InChI=1S/C19H16Cl2N2O3S/c1-10-7-13(14(26-2)8-12(10)20)23-16(24)9-22-19(25)18-17(21)11-5-3-4-6-15(11)27-18/h3-8H,9H2,1-2H3,(H,22,25)(H,23,24). The molecule has 0 saturated heterocycles. The van der Waals surface area contributed by atoms with Crippen molar-refractivity contribution in [2.24, 2.45) is 0 Å². The van der Waals surface area contributed by atoms with Crippen LogP contribution < -0.4 is 15.4 Å². The Bertz CT molecular complexity index is 1030. The molecule has 0 spiro atoms. The van der Waals surface area contributed by atoms with E-state index in [2.05, 4.69) is 10.6 Å². The maximum Gasteiger partial charge on any atom is 0.263 e. The average molecular weight is 423 g/mol. The van der Waals surface area contributed by atoms with E-state index in [4.69, 9.17) is 27.9 Å². The van der Waals surface area contributed by atoms with Crippen LogP contribution in [0.15, 0.2) is 36.4 Å². The van der Waals surface area contributed by atoms with Gasteiger partial charge in [0.2, 0.25) is 5.91 Å². The third-order valence-electron chi connectivity index (χ3n) is 3.91. The van der Waals surface area contributed by atoms with Crippen LogP contribution in [-0.2, 0) is 4.79 Å². The van der Waals surface area contributed by atoms with Gasteiger partial charge in [0.05, 0.1) is 24.4 Å². The first-order valence-corrected chi connectivity index (χ1v) is 9.57. The first-order chi connectivity index (χ1) is 12.9. The number of rotatable bonds is 5. The first-order valence-electron chi connectivity index (χ1n) is 8.00. The first kappa shape index (κ1) is 19.5. The van der Waals surface area contributed by atoms with Crippen molar-refractivity contribution in [2.75, 3.05) is 19.0 Å². The highest BCUT2D eigenvalue weighted by Gasteiger charge is 2.18. The summed E-state index contributed by atoms with van der Waals surface area (Å²) in [7, 11) is 1.49. The van der Waals surface area contributed by atoms with Gasteiger partial charge in [-0.05, 0) is 24.6 Å². The zero-order chi connectivity index (χ0) is 19.6. The van der Waals surface area contributed by atoms with Gasteiger partial charge in [0.15, 0.2) is 0 Å². The van der Waals surface area contributed by atoms with Gasteiger partial charge >= 0.3 is 0 Å². The summed E-state index contributed by atoms with van der Waals surface area (Å²) >= 11 is 13.6. The number of methoxy groups -OCH3 is 1. The molecule has 2 amide bonds. The van der Waals surface area contributed by atoms with Gasteiger partial charge in [-0.15, -0.1) is 11.3 Å². The van der Waals surface area contributed by atoms with Gasteiger partial charge in [-0.25, -0.2) is 0 Å². The van der Waals surface area contributed by atoms with E-state index in [-0.39, 0.29) is 12.5 Å². The second-order valence-electron chi connectivity index (χ2n) is 5.77. The van der Waals surface area contributed by atoms with Crippen molar-refractivity contribution in [3.8, 4) is 5.75 Å². The van der Waals surface area contributed by atoms with Crippen LogP contribution in [-0.4, -0.2) is 25.5 Å². The molecule has 0 fully saturated rings. The number of ether oxygens (including phenoxy) is 1. The molecule has 0 aliphatic heterocycles. The van der Waals surface area contributed by atoms with E-state index < -0.39 is 5.91 Å². The van der Waals surface area contributed by atoms with Crippen LogP contribution in [0.2, 0.25) is 10.0 Å². The lowest BCUT2D eigenvalue weighted by atomic mass is 10.2. The molecule has 2 N–H and O–H groups in total. The highest BCUT2D eigenvalue weighted by molar-refractivity contribution is 7.21. The van der Waals surface area contributed by atoms with Gasteiger partial charge in [-0.3, -0.25) is 9.59 Å². The van der Waals surface area contributed by atoms with E-state index >= 15 is 0 Å². The van der Waals surface area contributed by atoms with Gasteiger partial charge in [-0.1, -0.05) is 41.4 Å². The third-order valence-corrected chi connectivity index (χ3v) is 5.99. The predicted molar refractivity (Wildman–Crippen MR) is 111 cm³/mol. The molecule has 8 heteroatoms. The molecule has 0 atom stereocenters. The Morgan fingerprint density at radius 3 is 2.63 bits per heavy atom. The number of carbonyl (C=O) groups excluding carboxylic acids is 2. The van der Waals surface area contributed by atoms with Crippen molar-refractivity contribution in [3.63, 3.8) is 0 Å². The molecule has 1 aromatic heterocycles. The number of hydrogen-bond acceptors (Lipinski definition) is 4. The second-order valence-corrected chi connectivity index (χ2v) is 7.61. The fourth-order valence-electron chi connectivity index (χ4n) is 2.53. The van der Waals surface area contributed by atoms with E-state index in [1.54, 1.807) is 12.1 Å². The number of fused-ring (bicyclic) bond motifs is 1. The zero-order valence-corrected chi connectivity index (χ0v) is 16.9. The molecule has 0 unspecified atom stereocenters. The number of benzene rings is 2. The van der Waals surface area contributed by atoms with Crippen molar-refractivity contribution in [1.29, 1.82) is 0 Å². The van der Waals surface area contributed by atoms with Gasteiger partial charge in [0.1, 0.15) is 10.6 Å². The van der Waals surface area contributed by atoms with Gasteiger partial charge in [-0.2, -0.15) is 0 Å². The lowest BCUT2D eigenvalue weighted by molar-refractivity contribution is -0.115. The second kappa shape index (κ2) is 8.17. The van der Waals surface area contributed by atoms with Crippen LogP contribution in [0.1, 0.15) is 15.2 Å². The molecule has 0 radical (unpaired) electrons. The third kappa shape index (κ3) is 4.18. The van der Waals surface area contributed by atoms with Gasteiger partial charge in [0.25, 0.3) is 5.91 Å². The molecule has 3 rings (SSSR count). The maximum absolute atomic E-state index is 12.4. The van der Waals surface area contributed by atoms with Gasteiger partial charge < -0.3 is 15.4 Å². The Morgan fingerprint density at radius 2 is 1.93 bits per heavy atom. The number of anilines is 1. The SMILES string of the molecule is COc1cc(Cl)c(C)cc1NC(=O)CNC(=O)c1sc2ccccc2c1Cl. The Morgan fingerprint density at radius 1 is 1.19 bits per heavy atom. The average Bonchev–Trinajstić information content (AvgIpc) is 2.99. The molecule has 1 heterocycles. The quantitative estimate of drug-likeness (QED) is 0.614. The summed E-state index contributed by atoms with van der Waals surface area (Å²) in [5, 5.41) is 7.05. The fourth-order valence-corrected chi connectivity index (χ4v) is 4.11. The van der Waals surface area contributed by atoms with Crippen LogP contribution in [0.25, 0.3) is 10.1 Å². The molecular weight excluding hydrogens is 407 g/mol. The molecule has 0 saturated carbocycles. The summed E-state index contributed by atoms with van der Waals surface area (Å²) in [6.07, 6.45) is 0. The Labute approximate surface area is 170 Å². The van der Waals surface area contributed by atoms with Crippen LogP contribution in [0.5, 0.6) is 5.75 Å². The molecule has 0 aliphatic carbocycles. The lowest BCUT2D eigenvalue weighted by Gasteiger charge is -2.12. The van der Waals surface area contributed by atoms with Crippen molar-refractivity contribution < 1.29 is 14.3 Å². The summed E-state index contributed by atoms with van der Waals surface area (Å²) < 4.78 is 6.14. The fraction of sp³-hybridized carbons (Fsp3) is 0.158. The van der Waals surface area contributed by atoms with Crippen LogP contribution in [0, 0.1) is 6.92 Å². The maximum atomic E-state index is 12.4. The van der Waals surface area contributed by atoms with Crippen molar-refractivity contribution in [2.45, 2.75) is 6.92 Å². The van der Waals surface area contributed by atoms with Crippen LogP contribution in [0.4, 0.5) is 5.69 Å². The number of hydrogen-bond donors (Lipinski definition) is 2. The van der Waals surface area contributed by atoms with Crippen LogP contribution in [0.3, 0.4) is 0 Å². The Hall–Kier alpha value is -2.28. The minimum Gasteiger partial charge on any atom is -0.495 e. The number of carbonyl (C=O) groups is 2. The molecule has 140 valence electrons.